The zero-order valence-corrected chi connectivity index (χ0v) is 28.3. The molecule has 17 heteroatoms. The Bertz CT molecular complexity index is 1670. The Morgan fingerprint density at radius 2 is 1.85 bits per heavy atom. The van der Waals surface area contributed by atoms with Crippen molar-refractivity contribution in [2.75, 3.05) is 28.7 Å². The number of nitrogens with two attached hydrogens (primary N) is 1. The zero-order chi connectivity index (χ0) is 32.5. The van der Waals surface area contributed by atoms with Gasteiger partial charge in [0, 0.05) is 5.39 Å². The number of halogens is 1. The number of anilines is 2. The standard InChI is InChI=1S/C29H36IN6O9P/c1-17-26(38)42-15-8-4-3-7-14-41-25-22-24(32-28(31)33-25)36(30-34-22)27-29(2,39)23(37)21(44-27)16-43-46(40,35-17)45-20-13-9-11-18-10-5-6-12-19(18)20/h5-6,9-13,17,21,23,27,37,39H,3-4,7-8,14-16H2,1-2H3,(H,35,40)(H2,31,32,33)/t17-,21?,23+,27?,29+,46?/m0/s1. The highest BCUT2D eigenvalue weighted by Crippen LogP contribution is 2.52. The minimum Gasteiger partial charge on any atom is -0.476 e. The molecule has 0 amide bonds. The molecular weight excluding hydrogens is 734 g/mol. The quantitative estimate of drug-likeness (QED) is 0.125. The summed E-state index contributed by atoms with van der Waals surface area (Å²) in [6, 6.07) is 11.6. The third-order valence-corrected chi connectivity index (χ3v) is 11.6. The van der Waals surface area contributed by atoms with Gasteiger partial charge < -0.3 is 34.7 Å². The largest absolute Gasteiger partial charge is 0.476 e. The molecule has 5 N–H and O–H groups in total. The van der Waals surface area contributed by atoms with Crippen LogP contribution in [-0.4, -0.2) is 76.0 Å². The van der Waals surface area contributed by atoms with Gasteiger partial charge in [0.15, 0.2) is 17.7 Å². The summed E-state index contributed by atoms with van der Waals surface area (Å²) in [5.74, 6) is 0.150. The van der Waals surface area contributed by atoms with Gasteiger partial charge >= 0.3 is 13.7 Å². The molecule has 3 aliphatic heterocycles. The number of hydrogen-bond donors (Lipinski definition) is 4. The van der Waals surface area contributed by atoms with Crippen molar-refractivity contribution in [2.24, 2.45) is 3.15 Å². The number of nitrogens with one attached hydrogen (secondary N) is 1. The van der Waals surface area contributed by atoms with Gasteiger partial charge in [-0.25, -0.2) is 4.57 Å². The summed E-state index contributed by atoms with van der Waals surface area (Å²) in [7, 11) is -4.33. The average molecular weight is 771 g/mol. The van der Waals surface area contributed by atoms with E-state index in [0.717, 1.165) is 18.2 Å². The Hall–Kier alpha value is -2.99. The third kappa shape index (κ3) is 6.83. The molecule has 46 heavy (non-hydrogen) atoms. The maximum Gasteiger partial charge on any atom is 0.459 e. The van der Waals surface area contributed by atoms with Crippen molar-refractivity contribution in [2.45, 2.75) is 69.6 Å². The number of nitrogens with zero attached hydrogens (tertiary/aromatic N) is 4. The van der Waals surface area contributed by atoms with Crippen LogP contribution in [0.3, 0.4) is 0 Å². The van der Waals surface area contributed by atoms with Crippen LogP contribution in [0.1, 0.15) is 39.5 Å². The number of aliphatic hydroxyl groups excluding tert-OH is 1. The zero-order valence-electron chi connectivity index (χ0n) is 25.2. The Labute approximate surface area is 275 Å². The number of benzene rings is 2. The van der Waals surface area contributed by atoms with E-state index >= 15 is 0 Å². The predicted molar refractivity (Wildman–Crippen MR) is 176 cm³/mol. The predicted octanol–water partition coefficient (Wildman–Crippen LogP) is 4.25. The van der Waals surface area contributed by atoms with Gasteiger partial charge in [0.25, 0.3) is 0 Å². The van der Waals surface area contributed by atoms with Gasteiger partial charge in [-0.05, 0) is 51.0 Å². The number of hydrogen-bond acceptors (Lipinski definition) is 14. The smallest absolute Gasteiger partial charge is 0.459 e. The Kier molecular flexibility index (Phi) is 9.75. The van der Waals surface area contributed by atoms with E-state index in [4.69, 9.17) is 29.0 Å². The summed E-state index contributed by atoms with van der Waals surface area (Å²) in [4.78, 5) is 21.4. The van der Waals surface area contributed by atoms with Gasteiger partial charge in [0.05, 0.1) is 19.8 Å². The SMILES string of the molecule is C[C@@H]1NP(=O)(Oc2cccc3ccccc23)OCC2OC(N3I=Nc4c(nc(N)nc43)OCCCCCCOC1=O)[C@](C)(O)[C@@H]2O. The summed E-state index contributed by atoms with van der Waals surface area (Å²) in [6.07, 6.45) is -0.811. The highest BCUT2D eigenvalue weighted by atomic mass is 127. The molecule has 3 unspecified atom stereocenters. The van der Waals surface area contributed by atoms with Crippen LogP contribution < -0.4 is 23.2 Å². The van der Waals surface area contributed by atoms with Crippen molar-refractivity contribution >= 4 is 63.2 Å². The molecule has 0 saturated carbocycles. The van der Waals surface area contributed by atoms with Crippen LogP contribution >= 0.6 is 29.1 Å². The van der Waals surface area contributed by atoms with Crippen LogP contribution in [0.15, 0.2) is 45.6 Å². The topological polar surface area (TPSA) is 200 Å². The molecule has 0 spiro atoms. The first-order valence-electron chi connectivity index (χ1n) is 14.9. The van der Waals surface area contributed by atoms with Crippen LogP contribution in [-0.2, 0) is 23.4 Å². The lowest BCUT2D eigenvalue weighted by atomic mass is 9.97. The Balaban J connectivity index is 1.30. The highest BCUT2D eigenvalue weighted by molar-refractivity contribution is 14.2. The summed E-state index contributed by atoms with van der Waals surface area (Å²) in [5, 5.41) is 26.9. The summed E-state index contributed by atoms with van der Waals surface area (Å²) >= 11 is -1.18. The first kappa shape index (κ1) is 32.9. The lowest BCUT2D eigenvalue weighted by molar-refractivity contribution is -0.145. The molecule has 15 nitrogen and oxygen atoms in total. The second-order valence-corrected chi connectivity index (χ2v) is 15.0. The van der Waals surface area contributed by atoms with Crippen molar-refractivity contribution in [3.8, 4) is 11.6 Å². The number of aromatic nitrogens is 2. The molecule has 0 aliphatic carbocycles. The summed E-state index contributed by atoms with van der Waals surface area (Å²) in [6.45, 7) is 2.99. The number of carbonyl (C=O) groups is 1. The van der Waals surface area contributed by atoms with Gasteiger partial charge in [-0.3, -0.25) is 12.4 Å². The number of rotatable bonds is 2. The first-order chi connectivity index (χ1) is 22.1. The minimum atomic E-state index is -4.33. The molecule has 6 rings (SSSR count). The minimum absolute atomic E-state index is 0.0372. The van der Waals surface area contributed by atoms with Gasteiger partial charge in [-0.15, -0.1) is 0 Å². The molecule has 6 bridgehead atoms. The Morgan fingerprint density at radius 1 is 1.11 bits per heavy atom. The average Bonchev–Trinajstić information content (AvgIpc) is 3.54. The highest BCUT2D eigenvalue weighted by Gasteiger charge is 2.56. The van der Waals surface area contributed by atoms with Gasteiger partial charge in [-0.1, -0.05) is 36.4 Å². The normalized spacial score (nSPS) is 31.0. The fraction of sp³-hybridized carbons (Fsp3) is 0.483. The summed E-state index contributed by atoms with van der Waals surface area (Å²) < 4.78 is 50.0. The first-order valence-corrected chi connectivity index (χ1v) is 18.4. The molecule has 6 atom stereocenters. The van der Waals surface area contributed by atoms with Crippen LogP contribution in [0.2, 0.25) is 0 Å². The van der Waals surface area contributed by atoms with Gasteiger partial charge in [0.1, 0.15) is 50.9 Å². The van der Waals surface area contributed by atoms with E-state index in [-0.39, 0.29) is 24.2 Å². The molecule has 4 heterocycles. The van der Waals surface area contributed by atoms with Gasteiger partial charge in [-0.2, -0.15) is 18.2 Å². The number of carbonyl (C=O) groups excluding carboxylic acids is 1. The second kappa shape index (κ2) is 13.6. The van der Waals surface area contributed by atoms with E-state index in [0.29, 0.717) is 36.3 Å². The summed E-state index contributed by atoms with van der Waals surface area (Å²) in [5.41, 5.74) is 4.59. The van der Waals surface area contributed by atoms with Crippen LogP contribution in [0, 0.1) is 0 Å². The third-order valence-electron chi connectivity index (χ3n) is 7.82. The molecular formula is C29H36IN6O9P. The molecule has 2 aromatic carbocycles. The molecule has 1 fully saturated rings. The maximum absolute atomic E-state index is 14.3. The van der Waals surface area contributed by atoms with Gasteiger partial charge in [0.2, 0.25) is 11.8 Å². The van der Waals surface area contributed by atoms with E-state index in [1.165, 1.54) is 13.8 Å². The number of aliphatic hydroxyl groups is 2. The van der Waals surface area contributed by atoms with Crippen molar-refractivity contribution in [3.05, 3.63) is 42.5 Å². The molecule has 248 valence electrons. The van der Waals surface area contributed by atoms with E-state index in [1.54, 1.807) is 15.2 Å². The lowest BCUT2D eigenvalue weighted by Crippen LogP contribution is -2.50. The number of nitrogen functional groups attached to an aromatic ring is 1. The number of ether oxygens (including phenoxy) is 3. The van der Waals surface area contributed by atoms with E-state index < -0.39 is 71.7 Å². The van der Waals surface area contributed by atoms with Crippen molar-refractivity contribution in [1.82, 2.24) is 15.1 Å². The number of esters is 1. The van der Waals surface area contributed by atoms with E-state index in [2.05, 4.69) is 18.2 Å². The second-order valence-electron chi connectivity index (χ2n) is 11.4. The van der Waals surface area contributed by atoms with Crippen molar-refractivity contribution in [1.29, 1.82) is 0 Å². The molecule has 1 aromatic heterocycles. The maximum atomic E-state index is 14.3. The van der Waals surface area contributed by atoms with Crippen molar-refractivity contribution < 1.29 is 42.8 Å². The van der Waals surface area contributed by atoms with Crippen LogP contribution in [0.5, 0.6) is 11.6 Å². The molecule has 0 radical (unpaired) electrons. The van der Waals surface area contributed by atoms with Crippen molar-refractivity contribution in [3.63, 3.8) is 0 Å². The van der Waals surface area contributed by atoms with Crippen LogP contribution in [0.4, 0.5) is 17.5 Å². The van der Waals surface area contributed by atoms with Crippen LogP contribution in [0.25, 0.3) is 10.8 Å². The van der Waals surface area contributed by atoms with E-state index in [9.17, 15) is 19.6 Å². The molecule has 1 saturated heterocycles. The monoisotopic (exact) mass is 770 g/mol. The fourth-order valence-electron chi connectivity index (χ4n) is 5.32. The number of cyclic esters (lactones) is 1. The Morgan fingerprint density at radius 3 is 2.65 bits per heavy atom. The molecule has 3 aliphatic rings. The molecule has 3 aromatic rings. The number of fused-ring (bicyclic) bond motifs is 4. The lowest BCUT2D eigenvalue weighted by Gasteiger charge is -2.31. The van der Waals surface area contributed by atoms with E-state index in [1.807, 2.05) is 30.3 Å². The fourth-order valence-corrected chi connectivity index (χ4v) is 9.18.